The zero-order valence-corrected chi connectivity index (χ0v) is 31.0. The zero-order valence-electron chi connectivity index (χ0n) is 31.0. The molecular formula is C53H35NO2. The van der Waals surface area contributed by atoms with Gasteiger partial charge in [0.1, 0.15) is 22.3 Å². The Kier molecular flexibility index (Phi) is 6.40. The molecule has 2 heterocycles. The van der Waals surface area contributed by atoms with Crippen molar-refractivity contribution in [2.75, 3.05) is 4.90 Å². The zero-order chi connectivity index (χ0) is 37.1. The molecule has 2 aromatic heterocycles. The largest absolute Gasteiger partial charge is 0.456 e. The van der Waals surface area contributed by atoms with Crippen molar-refractivity contribution in [2.45, 2.75) is 19.3 Å². The van der Waals surface area contributed by atoms with E-state index >= 15 is 0 Å². The summed E-state index contributed by atoms with van der Waals surface area (Å²) in [6.07, 6.45) is 0. The number of benzene rings is 9. The maximum Gasteiger partial charge on any atom is 0.143 e. The van der Waals surface area contributed by atoms with Crippen LogP contribution in [0.3, 0.4) is 0 Å². The minimum Gasteiger partial charge on any atom is -0.456 e. The summed E-state index contributed by atoms with van der Waals surface area (Å²) in [6.45, 7) is 4.71. The summed E-state index contributed by atoms with van der Waals surface area (Å²) in [5, 5.41) is 9.01. The number of nitrogens with zero attached hydrogens (tertiary/aromatic N) is 1. The third kappa shape index (κ3) is 4.34. The fourth-order valence-electron chi connectivity index (χ4n) is 9.60. The van der Waals surface area contributed by atoms with Crippen LogP contribution < -0.4 is 4.90 Å². The van der Waals surface area contributed by atoms with Crippen LogP contribution in [0.2, 0.25) is 0 Å². The first-order valence-electron chi connectivity index (χ1n) is 19.3. The predicted molar refractivity (Wildman–Crippen MR) is 234 cm³/mol. The van der Waals surface area contributed by atoms with Crippen LogP contribution in [0, 0.1) is 0 Å². The van der Waals surface area contributed by atoms with Crippen LogP contribution in [0.1, 0.15) is 25.0 Å². The third-order valence-electron chi connectivity index (χ3n) is 12.2. The lowest BCUT2D eigenvalue weighted by Gasteiger charge is -2.30. The Morgan fingerprint density at radius 2 is 1.07 bits per heavy atom. The van der Waals surface area contributed by atoms with Crippen LogP contribution in [-0.2, 0) is 5.41 Å². The highest BCUT2D eigenvalue weighted by Gasteiger charge is 2.36. The summed E-state index contributed by atoms with van der Waals surface area (Å²) in [6, 6.07) is 63.6. The van der Waals surface area contributed by atoms with E-state index in [-0.39, 0.29) is 5.41 Å². The Labute approximate surface area is 323 Å². The Balaban J connectivity index is 1.23. The number of anilines is 3. The van der Waals surface area contributed by atoms with E-state index in [4.69, 9.17) is 8.83 Å². The molecule has 11 aromatic rings. The molecular weight excluding hydrogens is 683 g/mol. The summed E-state index contributed by atoms with van der Waals surface area (Å²) < 4.78 is 13.4. The minimum atomic E-state index is -0.160. The Morgan fingerprint density at radius 3 is 1.98 bits per heavy atom. The van der Waals surface area contributed by atoms with Gasteiger partial charge in [0.25, 0.3) is 0 Å². The topological polar surface area (TPSA) is 29.5 Å². The van der Waals surface area contributed by atoms with Crippen LogP contribution in [0.15, 0.2) is 185 Å². The molecule has 0 spiro atoms. The normalized spacial score (nSPS) is 13.3. The second-order valence-corrected chi connectivity index (χ2v) is 15.6. The van der Waals surface area contributed by atoms with Crippen molar-refractivity contribution < 1.29 is 8.83 Å². The fraction of sp³-hybridized carbons (Fsp3) is 0.0566. The van der Waals surface area contributed by atoms with Crippen LogP contribution in [-0.4, -0.2) is 0 Å². The minimum absolute atomic E-state index is 0.160. The van der Waals surface area contributed by atoms with Crippen LogP contribution in [0.25, 0.3) is 87.7 Å². The van der Waals surface area contributed by atoms with Crippen LogP contribution in [0.5, 0.6) is 0 Å². The molecule has 0 aliphatic heterocycles. The van der Waals surface area contributed by atoms with Gasteiger partial charge < -0.3 is 13.7 Å². The lowest BCUT2D eigenvalue weighted by atomic mass is 9.82. The van der Waals surface area contributed by atoms with Gasteiger partial charge in [0.05, 0.1) is 5.69 Å². The molecule has 3 heteroatoms. The number of furan rings is 2. The van der Waals surface area contributed by atoms with Crippen LogP contribution in [0.4, 0.5) is 17.1 Å². The molecule has 0 saturated carbocycles. The predicted octanol–water partition coefficient (Wildman–Crippen LogP) is 15.2. The second-order valence-electron chi connectivity index (χ2n) is 15.6. The first-order valence-corrected chi connectivity index (χ1v) is 19.3. The summed E-state index contributed by atoms with van der Waals surface area (Å²) >= 11 is 0. The van der Waals surface area contributed by atoms with E-state index in [2.05, 4.69) is 189 Å². The van der Waals surface area contributed by atoms with Crippen molar-refractivity contribution in [1.29, 1.82) is 0 Å². The molecule has 0 atom stereocenters. The third-order valence-corrected chi connectivity index (χ3v) is 12.2. The molecule has 3 nitrogen and oxygen atoms in total. The van der Waals surface area contributed by atoms with Gasteiger partial charge in [0.2, 0.25) is 0 Å². The molecule has 12 rings (SSSR count). The molecule has 0 N–H and O–H groups in total. The van der Waals surface area contributed by atoms with E-state index in [1.807, 2.05) is 6.07 Å². The highest BCUT2D eigenvalue weighted by atomic mass is 16.3. The molecule has 1 aliphatic rings. The summed E-state index contributed by atoms with van der Waals surface area (Å²) in [5.41, 5.74) is 14.1. The van der Waals surface area contributed by atoms with Crippen molar-refractivity contribution >= 4 is 82.5 Å². The first kappa shape index (κ1) is 31.3. The second kappa shape index (κ2) is 11.5. The highest BCUT2D eigenvalue weighted by Crippen LogP contribution is 2.54. The SMILES string of the molecule is CC1(C)c2ccccc2-c2ccc(N(c3ccc4ccccc4c3)c3ccc4oc5c6ccccc6ccc5c4c3-c3cccc4oc5ccccc5c34)cc21. The van der Waals surface area contributed by atoms with Crippen molar-refractivity contribution in [3.05, 3.63) is 187 Å². The summed E-state index contributed by atoms with van der Waals surface area (Å²) in [4.78, 5) is 2.46. The molecule has 0 unspecified atom stereocenters. The number of para-hydroxylation sites is 1. The van der Waals surface area contributed by atoms with Gasteiger partial charge in [-0.3, -0.25) is 0 Å². The van der Waals surface area contributed by atoms with Gasteiger partial charge in [-0.1, -0.05) is 135 Å². The van der Waals surface area contributed by atoms with Crippen molar-refractivity contribution in [3.63, 3.8) is 0 Å². The van der Waals surface area contributed by atoms with E-state index in [0.717, 1.165) is 82.8 Å². The van der Waals surface area contributed by atoms with Crippen molar-refractivity contribution in [2.24, 2.45) is 0 Å². The molecule has 1 aliphatic carbocycles. The van der Waals surface area contributed by atoms with Crippen molar-refractivity contribution in [3.8, 4) is 22.3 Å². The molecule has 0 saturated heterocycles. The van der Waals surface area contributed by atoms with E-state index < -0.39 is 0 Å². The standard InChI is InChI=1S/C53H35NO2/c1-53(2)43-19-9-7-16-38(43)39-27-25-36(31-44(39)53)54(35-24-22-32-12-3-4-14-34(32)30-35)45-28-29-48-51(42-26-23-33-13-5-6-15-37(33)52(42)56-48)50(45)41-18-11-21-47-49(41)40-17-8-10-20-46(40)55-47/h3-31H,1-2H3. The monoisotopic (exact) mass is 717 g/mol. The van der Waals surface area contributed by atoms with Gasteiger partial charge in [-0.05, 0) is 98.6 Å². The van der Waals surface area contributed by atoms with Crippen LogP contribution >= 0.6 is 0 Å². The maximum absolute atomic E-state index is 6.89. The Hall–Kier alpha value is -7.10. The highest BCUT2D eigenvalue weighted by molar-refractivity contribution is 6.25. The summed E-state index contributed by atoms with van der Waals surface area (Å²) in [5.74, 6) is 0. The number of rotatable bonds is 4. The average Bonchev–Trinajstić information content (AvgIpc) is 3.89. The van der Waals surface area contributed by atoms with Gasteiger partial charge in [0.15, 0.2) is 0 Å². The quantitative estimate of drug-likeness (QED) is 0.182. The average molecular weight is 718 g/mol. The van der Waals surface area contributed by atoms with Gasteiger partial charge in [-0.25, -0.2) is 0 Å². The lowest BCUT2D eigenvalue weighted by Crippen LogP contribution is -2.17. The maximum atomic E-state index is 6.89. The molecule has 0 amide bonds. The summed E-state index contributed by atoms with van der Waals surface area (Å²) in [7, 11) is 0. The molecule has 264 valence electrons. The van der Waals surface area contributed by atoms with Gasteiger partial charge in [-0.2, -0.15) is 0 Å². The molecule has 0 bridgehead atoms. The van der Waals surface area contributed by atoms with E-state index in [1.54, 1.807) is 0 Å². The Bertz CT molecular complexity index is 3420. The smallest absolute Gasteiger partial charge is 0.143 e. The lowest BCUT2D eigenvalue weighted by molar-refractivity contribution is 0.660. The van der Waals surface area contributed by atoms with E-state index in [1.165, 1.54) is 33.0 Å². The van der Waals surface area contributed by atoms with Gasteiger partial charge >= 0.3 is 0 Å². The number of fused-ring (bicyclic) bond motifs is 12. The Morgan fingerprint density at radius 1 is 0.411 bits per heavy atom. The first-order chi connectivity index (χ1) is 27.5. The van der Waals surface area contributed by atoms with E-state index in [0.29, 0.717) is 0 Å². The fourth-order valence-corrected chi connectivity index (χ4v) is 9.60. The number of hydrogen-bond acceptors (Lipinski definition) is 3. The van der Waals surface area contributed by atoms with E-state index in [9.17, 15) is 0 Å². The van der Waals surface area contributed by atoms with Gasteiger partial charge in [0, 0.05) is 49.3 Å². The molecule has 9 aromatic carbocycles. The van der Waals surface area contributed by atoms with Gasteiger partial charge in [-0.15, -0.1) is 0 Å². The van der Waals surface area contributed by atoms with Crippen molar-refractivity contribution in [1.82, 2.24) is 0 Å². The molecule has 56 heavy (non-hydrogen) atoms. The molecule has 0 radical (unpaired) electrons. The number of hydrogen-bond donors (Lipinski definition) is 0. The molecule has 0 fully saturated rings.